The van der Waals surface area contributed by atoms with Gasteiger partial charge in [0, 0.05) is 5.92 Å². The molecule has 0 bridgehead atoms. The van der Waals surface area contributed by atoms with Crippen molar-refractivity contribution >= 4 is 12.4 Å². The highest BCUT2D eigenvalue weighted by Gasteiger charge is 2.15. The quantitative estimate of drug-likeness (QED) is 0.584. The highest BCUT2D eigenvalue weighted by molar-refractivity contribution is 5.56. The molecule has 112 valence electrons. The average molecular weight is 281 g/mol. The van der Waals surface area contributed by atoms with Crippen LogP contribution in [-0.4, -0.2) is 6.72 Å². The predicted octanol–water partition coefficient (Wildman–Crippen LogP) is 6.29. The molecule has 0 spiro atoms. The Balaban J connectivity index is 0.000000677. The number of aryl methyl sites for hydroxylation is 1. The van der Waals surface area contributed by atoms with E-state index in [1.54, 1.807) is 0 Å². The van der Waals surface area contributed by atoms with E-state index in [0.717, 1.165) is 12.1 Å². The maximum atomic E-state index is 4.18. The van der Waals surface area contributed by atoms with Crippen molar-refractivity contribution in [2.24, 2.45) is 4.99 Å². The lowest BCUT2D eigenvalue weighted by Gasteiger charge is -2.18. The zero-order valence-electron chi connectivity index (χ0n) is 13.8. The first kappa shape index (κ1) is 17.2. The summed E-state index contributed by atoms with van der Waals surface area (Å²) in [6, 6.07) is 17.0. The van der Waals surface area contributed by atoms with Crippen molar-refractivity contribution in [3.05, 3.63) is 65.2 Å². The van der Waals surface area contributed by atoms with E-state index in [2.05, 4.69) is 87.9 Å². The van der Waals surface area contributed by atoms with Crippen LogP contribution in [0.2, 0.25) is 0 Å². The fraction of sp³-hybridized carbons (Fsp3) is 0.350. The smallest absolute Gasteiger partial charge is 0.0663 e. The Hall–Kier alpha value is -1.89. The van der Waals surface area contributed by atoms with Crippen molar-refractivity contribution in [2.75, 3.05) is 0 Å². The SMILES string of the molecule is C=Nc1cc(C)ccc1[C@@H](CC)c1ccccc1.CCC. The molecule has 0 unspecified atom stereocenters. The monoisotopic (exact) mass is 281 g/mol. The first-order valence-electron chi connectivity index (χ1n) is 7.80. The van der Waals surface area contributed by atoms with Gasteiger partial charge in [0.15, 0.2) is 0 Å². The molecule has 0 radical (unpaired) electrons. The van der Waals surface area contributed by atoms with E-state index < -0.39 is 0 Å². The highest BCUT2D eigenvalue weighted by atomic mass is 14.7. The zero-order valence-corrected chi connectivity index (χ0v) is 13.8. The van der Waals surface area contributed by atoms with Crippen LogP contribution in [0.5, 0.6) is 0 Å². The molecular formula is C20H27N. The molecule has 0 aliphatic carbocycles. The van der Waals surface area contributed by atoms with Gasteiger partial charge in [-0.3, -0.25) is 4.99 Å². The normalized spacial score (nSPS) is 11.2. The van der Waals surface area contributed by atoms with E-state index in [1.165, 1.54) is 23.1 Å². The molecule has 0 fully saturated rings. The summed E-state index contributed by atoms with van der Waals surface area (Å²) in [5, 5.41) is 0. The van der Waals surface area contributed by atoms with E-state index >= 15 is 0 Å². The number of nitrogens with zero attached hydrogens (tertiary/aromatic N) is 1. The van der Waals surface area contributed by atoms with Crippen molar-refractivity contribution < 1.29 is 0 Å². The summed E-state index contributed by atoms with van der Waals surface area (Å²) in [7, 11) is 0. The first-order chi connectivity index (χ1) is 10.2. The van der Waals surface area contributed by atoms with E-state index in [4.69, 9.17) is 0 Å². The topological polar surface area (TPSA) is 12.4 Å². The molecule has 0 amide bonds. The van der Waals surface area contributed by atoms with Crippen LogP contribution >= 0.6 is 0 Å². The minimum absolute atomic E-state index is 0.396. The van der Waals surface area contributed by atoms with Gasteiger partial charge in [0.2, 0.25) is 0 Å². The molecule has 21 heavy (non-hydrogen) atoms. The van der Waals surface area contributed by atoms with Gasteiger partial charge in [-0.25, -0.2) is 0 Å². The molecule has 1 heteroatoms. The Morgan fingerprint density at radius 1 is 1.00 bits per heavy atom. The predicted molar refractivity (Wildman–Crippen MR) is 94.9 cm³/mol. The van der Waals surface area contributed by atoms with Crippen molar-refractivity contribution in [2.45, 2.75) is 46.5 Å². The van der Waals surface area contributed by atoms with Gasteiger partial charge in [-0.05, 0) is 42.8 Å². The van der Waals surface area contributed by atoms with Gasteiger partial charge in [0.1, 0.15) is 0 Å². The minimum Gasteiger partial charge on any atom is -0.264 e. The molecule has 0 aliphatic rings. The minimum atomic E-state index is 0.396. The maximum Gasteiger partial charge on any atom is 0.0663 e. The molecule has 2 aromatic rings. The summed E-state index contributed by atoms with van der Waals surface area (Å²) in [6.07, 6.45) is 2.32. The molecule has 0 aromatic heterocycles. The molecule has 2 aromatic carbocycles. The lowest BCUT2D eigenvalue weighted by Crippen LogP contribution is -2.00. The molecule has 1 nitrogen and oxygen atoms in total. The summed E-state index contributed by atoms with van der Waals surface area (Å²) in [5.74, 6) is 0.396. The highest BCUT2D eigenvalue weighted by Crippen LogP contribution is 2.34. The van der Waals surface area contributed by atoms with Crippen molar-refractivity contribution in [1.82, 2.24) is 0 Å². The van der Waals surface area contributed by atoms with Crippen LogP contribution in [0.15, 0.2) is 53.5 Å². The van der Waals surface area contributed by atoms with Crippen LogP contribution in [0.3, 0.4) is 0 Å². The average Bonchev–Trinajstić information content (AvgIpc) is 2.51. The first-order valence-corrected chi connectivity index (χ1v) is 7.80. The van der Waals surface area contributed by atoms with Crippen LogP contribution in [0.4, 0.5) is 5.69 Å². The Labute approximate surface area is 129 Å². The van der Waals surface area contributed by atoms with Gasteiger partial charge in [0.25, 0.3) is 0 Å². The third-order valence-electron chi connectivity index (χ3n) is 3.34. The van der Waals surface area contributed by atoms with Gasteiger partial charge in [0.05, 0.1) is 5.69 Å². The Morgan fingerprint density at radius 3 is 2.14 bits per heavy atom. The van der Waals surface area contributed by atoms with Crippen LogP contribution in [-0.2, 0) is 0 Å². The van der Waals surface area contributed by atoms with Crippen LogP contribution in [0.1, 0.15) is 56.2 Å². The number of hydrogen-bond donors (Lipinski definition) is 0. The zero-order chi connectivity index (χ0) is 15.7. The number of rotatable bonds is 4. The standard InChI is InChI=1S/C17H19N.C3H8/c1-4-15(14-8-6-5-7-9-14)16-11-10-13(2)12-17(16)18-3;1-3-2/h5-12,15H,3-4H2,1-2H3;3H2,1-2H3/t15-;/m0./s1. The summed E-state index contributed by atoms with van der Waals surface area (Å²) in [4.78, 5) is 4.18. The van der Waals surface area contributed by atoms with Gasteiger partial charge >= 0.3 is 0 Å². The second kappa shape index (κ2) is 9.12. The maximum absolute atomic E-state index is 4.18. The van der Waals surface area contributed by atoms with Crippen molar-refractivity contribution in [3.8, 4) is 0 Å². The second-order valence-electron chi connectivity index (χ2n) is 5.30. The van der Waals surface area contributed by atoms with Gasteiger partial charge in [-0.2, -0.15) is 0 Å². The number of aliphatic imine (C=N–C) groups is 1. The molecule has 0 aliphatic heterocycles. The van der Waals surface area contributed by atoms with E-state index in [9.17, 15) is 0 Å². The fourth-order valence-electron chi connectivity index (χ4n) is 2.41. The van der Waals surface area contributed by atoms with E-state index in [0.29, 0.717) is 5.92 Å². The fourth-order valence-corrected chi connectivity index (χ4v) is 2.41. The lowest BCUT2D eigenvalue weighted by atomic mass is 9.87. The molecular weight excluding hydrogens is 254 g/mol. The Morgan fingerprint density at radius 2 is 1.62 bits per heavy atom. The molecule has 0 N–H and O–H groups in total. The molecule has 0 saturated carbocycles. The molecule has 1 atom stereocenters. The van der Waals surface area contributed by atoms with Crippen LogP contribution in [0.25, 0.3) is 0 Å². The second-order valence-corrected chi connectivity index (χ2v) is 5.30. The van der Waals surface area contributed by atoms with Crippen LogP contribution in [0, 0.1) is 6.92 Å². The summed E-state index contributed by atoms with van der Waals surface area (Å²) < 4.78 is 0. The summed E-state index contributed by atoms with van der Waals surface area (Å²) in [5.41, 5.74) is 4.84. The van der Waals surface area contributed by atoms with E-state index in [1.807, 2.05) is 0 Å². The summed E-state index contributed by atoms with van der Waals surface area (Å²) >= 11 is 0. The number of hydrogen-bond acceptors (Lipinski definition) is 1. The largest absolute Gasteiger partial charge is 0.264 e. The van der Waals surface area contributed by atoms with Gasteiger partial charge in [-0.15, -0.1) is 0 Å². The van der Waals surface area contributed by atoms with Crippen LogP contribution < -0.4 is 0 Å². The molecule has 0 saturated heterocycles. The van der Waals surface area contributed by atoms with Gasteiger partial charge < -0.3 is 0 Å². The van der Waals surface area contributed by atoms with Crippen molar-refractivity contribution in [3.63, 3.8) is 0 Å². The Kier molecular flexibility index (Phi) is 7.45. The molecule has 0 heterocycles. The van der Waals surface area contributed by atoms with Crippen molar-refractivity contribution in [1.29, 1.82) is 0 Å². The van der Waals surface area contributed by atoms with Gasteiger partial charge in [-0.1, -0.05) is 69.7 Å². The molecule has 2 rings (SSSR count). The third-order valence-corrected chi connectivity index (χ3v) is 3.34. The Bertz CT molecular complexity index is 543. The number of benzene rings is 2. The summed E-state index contributed by atoms with van der Waals surface area (Å²) in [6.45, 7) is 12.2. The third kappa shape index (κ3) is 4.86. The lowest BCUT2D eigenvalue weighted by molar-refractivity contribution is 0.778. The van der Waals surface area contributed by atoms with E-state index in [-0.39, 0.29) is 0 Å².